The molecule has 1 aromatic rings. The van der Waals surface area contributed by atoms with Gasteiger partial charge in [0, 0.05) is 6.07 Å². The van der Waals surface area contributed by atoms with Crippen LogP contribution < -0.4 is 4.74 Å². The Hall–Kier alpha value is -2.03. The highest BCUT2D eigenvalue weighted by Crippen LogP contribution is 2.18. The lowest BCUT2D eigenvalue weighted by Crippen LogP contribution is -2.09. The Bertz CT molecular complexity index is 420. The van der Waals surface area contributed by atoms with E-state index in [0.717, 1.165) is 6.42 Å². The average molecular weight is 248 g/mol. The first-order valence-corrected chi connectivity index (χ1v) is 6.01. The van der Waals surface area contributed by atoms with Crippen LogP contribution in [0.3, 0.4) is 0 Å². The van der Waals surface area contributed by atoms with Crippen LogP contribution in [0.15, 0.2) is 48.6 Å². The first-order valence-electron chi connectivity index (χ1n) is 6.01. The third-order valence-electron chi connectivity index (χ3n) is 1.91. The lowest BCUT2D eigenvalue weighted by Gasteiger charge is -2.04. The lowest BCUT2D eigenvalue weighted by molar-refractivity contribution is -0.129. The van der Waals surface area contributed by atoms with Crippen LogP contribution in [0.5, 0.6) is 11.5 Å². The van der Waals surface area contributed by atoms with Crippen LogP contribution in [-0.2, 0) is 4.79 Å². The van der Waals surface area contributed by atoms with Crippen LogP contribution >= 0.6 is 0 Å². The van der Waals surface area contributed by atoms with Gasteiger partial charge in [-0.05, 0) is 18.6 Å². The van der Waals surface area contributed by atoms with Gasteiger partial charge in [-0.2, -0.15) is 0 Å². The molecule has 0 saturated heterocycles. The third-order valence-corrected chi connectivity index (χ3v) is 1.91. The number of rotatable bonds is 4. The highest BCUT2D eigenvalue weighted by molar-refractivity contribution is 5.92. The Morgan fingerprint density at radius 3 is 2.61 bits per heavy atom. The predicted molar refractivity (Wildman–Crippen MR) is 73.7 cm³/mol. The zero-order chi connectivity index (χ0) is 14.0. The molecule has 0 saturated carbocycles. The lowest BCUT2D eigenvalue weighted by atomic mass is 10.2. The van der Waals surface area contributed by atoms with Gasteiger partial charge in [-0.15, -0.1) is 0 Å². The first-order chi connectivity index (χ1) is 8.67. The zero-order valence-electron chi connectivity index (χ0n) is 11.1. The van der Waals surface area contributed by atoms with Gasteiger partial charge < -0.3 is 9.84 Å². The number of ether oxygens (including phenoxy) is 1. The van der Waals surface area contributed by atoms with Crippen LogP contribution in [0.2, 0.25) is 0 Å². The van der Waals surface area contributed by atoms with E-state index in [9.17, 15) is 9.90 Å². The van der Waals surface area contributed by atoms with Crippen molar-refractivity contribution >= 4 is 5.97 Å². The summed E-state index contributed by atoms with van der Waals surface area (Å²) in [4.78, 5) is 11.6. The summed E-state index contributed by atoms with van der Waals surface area (Å²) >= 11 is 0. The average Bonchev–Trinajstić information content (AvgIpc) is 2.38. The van der Waals surface area contributed by atoms with Crippen molar-refractivity contribution in [3.63, 3.8) is 0 Å². The summed E-state index contributed by atoms with van der Waals surface area (Å²) in [5, 5.41) is 9.20. The first kappa shape index (κ1) is 16.0. The van der Waals surface area contributed by atoms with Gasteiger partial charge in [-0.25, -0.2) is 4.79 Å². The van der Waals surface area contributed by atoms with Crippen molar-refractivity contribution in [1.82, 2.24) is 0 Å². The Labute approximate surface area is 108 Å². The van der Waals surface area contributed by atoms with Gasteiger partial charge in [-0.1, -0.05) is 45.6 Å². The fourth-order valence-electron chi connectivity index (χ4n) is 1.18. The number of phenols is 1. The molecule has 0 aliphatic rings. The van der Waals surface area contributed by atoms with E-state index in [1.54, 1.807) is 18.2 Å². The number of hydrogen-bond donors (Lipinski definition) is 1. The Kier molecular flexibility index (Phi) is 8.03. The molecular weight excluding hydrogens is 228 g/mol. The van der Waals surface area contributed by atoms with Crippen LogP contribution in [0.1, 0.15) is 27.2 Å². The Morgan fingerprint density at radius 2 is 2.11 bits per heavy atom. The van der Waals surface area contributed by atoms with Gasteiger partial charge in [0.05, 0.1) is 5.57 Å². The van der Waals surface area contributed by atoms with E-state index in [-0.39, 0.29) is 5.75 Å². The van der Waals surface area contributed by atoms with Crippen molar-refractivity contribution in [2.45, 2.75) is 27.2 Å². The van der Waals surface area contributed by atoms with Crippen molar-refractivity contribution in [2.24, 2.45) is 0 Å². The molecule has 0 radical (unpaired) electrons. The van der Waals surface area contributed by atoms with Gasteiger partial charge >= 0.3 is 5.97 Å². The maximum Gasteiger partial charge on any atom is 0.343 e. The van der Waals surface area contributed by atoms with Crippen molar-refractivity contribution in [1.29, 1.82) is 0 Å². The summed E-state index contributed by atoms with van der Waals surface area (Å²) in [5.41, 5.74) is 0.422. The van der Waals surface area contributed by atoms with Crippen LogP contribution in [0.25, 0.3) is 0 Å². The van der Waals surface area contributed by atoms with E-state index in [0.29, 0.717) is 11.3 Å². The second kappa shape index (κ2) is 9.05. The van der Waals surface area contributed by atoms with E-state index in [2.05, 4.69) is 6.58 Å². The number of benzene rings is 1. The molecule has 1 aromatic carbocycles. The summed E-state index contributed by atoms with van der Waals surface area (Å²) in [6, 6.07) is 6.09. The molecule has 0 spiro atoms. The maximum atomic E-state index is 11.6. The van der Waals surface area contributed by atoms with Crippen molar-refractivity contribution in [3.8, 4) is 11.5 Å². The number of esters is 1. The summed E-state index contributed by atoms with van der Waals surface area (Å²) in [6.07, 6.45) is 3.92. The second-order valence-corrected chi connectivity index (χ2v) is 3.16. The zero-order valence-corrected chi connectivity index (χ0v) is 11.1. The molecule has 3 heteroatoms. The fraction of sp³-hybridized carbons (Fsp3) is 0.267. The predicted octanol–water partition coefficient (Wildman–Crippen LogP) is 3.85. The molecule has 3 nitrogen and oxygen atoms in total. The molecular formula is C15H20O3. The van der Waals surface area contributed by atoms with Gasteiger partial charge in [-0.3, -0.25) is 0 Å². The van der Waals surface area contributed by atoms with Gasteiger partial charge in [0.2, 0.25) is 0 Å². The molecule has 18 heavy (non-hydrogen) atoms. The van der Waals surface area contributed by atoms with Crippen molar-refractivity contribution in [3.05, 3.63) is 48.6 Å². The number of aromatic hydroxyl groups is 1. The SMILES string of the molecule is C=C/C(=C\CC)C(=O)Oc1cccc(O)c1.CC. The molecule has 98 valence electrons. The largest absolute Gasteiger partial charge is 0.508 e. The van der Waals surface area contributed by atoms with Crippen LogP contribution in [0, 0.1) is 0 Å². The number of phenolic OH excluding ortho intramolecular Hbond substituents is 1. The monoisotopic (exact) mass is 248 g/mol. The summed E-state index contributed by atoms with van der Waals surface area (Å²) < 4.78 is 5.06. The molecule has 0 fully saturated rings. The highest BCUT2D eigenvalue weighted by atomic mass is 16.5. The fourth-order valence-corrected chi connectivity index (χ4v) is 1.18. The molecule has 1 N–H and O–H groups in total. The number of carbonyl (C=O) groups excluding carboxylic acids is 1. The van der Waals surface area contributed by atoms with Crippen LogP contribution in [-0.4, -0.2) is 11.1 Å². The quantitative estimate of drug-likeness (QED) is 0.381. The highest BCUT2D eigenvalue weighted by Gasteiger charge is 2.08. The Morgan fingerprint density at radius 1 is 1.44 bits per heavy atom. The van der Waals surface area contributed by atoms with Crippen molar-refractivity contribution < 1.29 is 14.6 Å². The minimum Gasteiger partial charge on any atom is -0.508 e. The maximum absolute atomic E-state index is 11.6. The standard InChI is InChI=1S/C13H14O3.C2H6/c1-3-6-10(4-2)13(15)16-12-8-5-7-11(14)9-12;1-2/h4-9,14H,2-3H2,1H3;1-2H3/b10-6+;. The number of allylic oxidation sites excluding steroid dienone is 1. The smallest absolute Gasteiger partial charge is 0.343 e. The molecule has 0 bridgehead atoms. The van der Waals surface area contributed by atoms with E-state index in [1.165, 1.54) is 18.2 Å². The molecule has 0 atom stereocenters. The molecule has 0 aromatic heterocycles. The van der Waals surface area contributed by atoms with Crippen LogP contribution in [0.4, 0.5) is 0 Å². The van der Waals surface area contributed by atoms with E-state index < -0.39 is 5.97 Å². The molecule has 0 amide bonds. The van der Waals surface area contributed by atoms with Gasteiger partial charge in [0.15, 0.2) is 0 Å². The normalized spacial score (nSPS) is 10.1. The van der Waals surface area contributed by atoms with Gasteiger partial charge in [0.25, 0.3) is 0 Å². The topological polar surface area (TPSA) is 46.5 Å². The van der Waals surface area contributed by atoms with Crippen molar-refractivity contribution in [2.75, 3.05) is 0 Å². The summed E-state index contributed by atoms with van der Waals surface area (Å²) in [5.74, 6) is -0.0961. The molecule has 0 aliphatic carbocycles. The number of hydrogen-bond acceptors (Lipinski definition) is 3. The third kappa shape index (κ3) is 5.34. The number of carbonyl (C=O) groups is 1. The van der Waals surface area contributed by atoms with E-state index in [1.807, 2.05) is 20.8 Å². The molecule has 0 heterocycles. The molecule has 0 unspecified atom stereocenters. The Balaban J connectivity index is 0.00000137. The minimum atomic E-state index is -0.470. The summed E-state index contributed by atoms with van der Waals surface area (Å²) in [6.45, 7) is 9.46. The van der Waals surface area contributed by atoms with Gasteiger partial charge in [0.1, 0.15) is 11.5 Å². The van der Waals surface area contributed by atoms with E-state index >= 15 is 0 Å². The molecule has 1 rings (SSSR count). The van der Waals surface area contributed by atoms with E-state index in [4.69, 9.17) is 4.74 Å². The second-order valence-electron chi connectivity index (χ2n) is 3.16. The minimum absolute atomic E-state index is 0.0601. The summed E-state index contributed by atoms with van der Waals surface area (Å²) in [7, 11) is 0. The molecule has 0 aliphatic heterocycles.